The average Bonchev–Trinajstić information content (AvgIpc) is 3.15. The van der Waals surface area contributed by atoms with Crippen molar-refractivity contribution in [1.29, 1.82) is 5.41 Å². The number of ether oxygens (including phenoxy) is 2. The van der Waals surface area contributed by atoms with Crippen LogP contribution in [0.5, 0.6) is 11.5 Å². The Hall–Kier alpha value is -3.14. The lowest BCUT2D eigenvalue weighted by Gasteiger charge is -2.49. The predicted molar refractivity (Wildman–Crippen MR) is 126 cm³/mol. The second kappa shape index (κ2) is 9.38. The van der Waals surface area contributed by atoms with Gasteiger partial charge in [-0.3, -0.25) is 4.79 Å². The van der Waals surface area contributed by atoms with E-state index in [1.165, 1.54) is 6.21 Å². The maximum Gasteiger partial charge on any atom is 0.416 e. The Bertz CT molecular complexity index is 1170. The van der Waals surface area contributed by atoms with Crippen molar-refractivity contribution >= 4 is 12.1 Å². The van der Waals surface area contributed by atoms with Crippen molar-refractivity contribution in [1.82, 2.24) is 10.2 Å². The van der Waals surface area contributed by atoms with Crippen molar-refractivity contribution in [2.75, 3.05) is 34.4 Å². The van der Waals surface area contributed by atoms with E-state index in [0.29, 0.717) is 56.0 Å². The van der Waals surface area contributed by atoms with Crippen LogP contribution in [0.15, 0.2) is 36.4 Å². The summed E-state index contributed by atoms with van der Waals surface area (Å²) < 4.78 is 63.9. The van der Waals surface area contributed by atoms with E-state index in [1.807, 2.05) is 25.2 Å². The van der Waals surface area contributed by atoms with Gasteiger partial charge in [0.15, 0.2) is 11.5 Å². The molecule has 4 rings (SSSR count). The Kier molecular flexibility index (Phi) is 6.76. The lowest BCUT2D eigenvalue weighted by molar-refractivity contribution is -0.137. The molecule has 1 heterocycles. The van der Waals surface area contributed by atoms with Gasteiger partial charge in [0.25, 0.3) is 5.91 Å². The summed E-state index contributed by atoms with van der Waals surface area (Å²) in [6.07, 6.45) is -1.61. The van der Waals surface area contributed by atoms with Crippen LogP contribution in [0.3, 0.4) is 0 Å². The minimum Gasteiger partial charge on any atom is -0.493 e. The molecule has 1 aliphatic heterocycles. The summed E-state index contributed by atoms with van der Waals surface area (Å²) in [5.41, 5.74) is -1.61. The number of likely N-dealkylation sites (tertiary alicyclic amines) is 1. The Balaban J connectivity index is 1.61. The van der Waals surface area contributed by atoms with E-state index in [9.17, 15) is 22.4 Å². The van der Waals surface area contributed by atoms with Gasteiger partial charge < -0.3 is 25.1 Å². The Labute approximate surface area is 207 Å². The van der Waals surface area contributed by atoms with Crippen molar-refractivity contribution < 1.29 is 31.8 Å². The molecule has 0 spiro atoms. The molecular formula is C26H29F4N3O3. The lowest BCUT2D eigenvalue weighted by atomic mass is 9.54. The second-order valence-electron chi connectivity index (χ2n) is 9.73. The number of carbonyl (C=O) groups is 1. The zero-order valence-corrected chi connectivity index (χ0v) is 20.3. The zero-order valence-electron chi connectivity index (χ0n) is 20.3. The van der Waals surface area contributed by atoms with E-state index in [1.54, 1.807) is 14.2 Å². The van der Waals surface area contributed by atoms with Gasteiger partial charge in [-0.25, -0.2) is 4.39 Å². The van der Waals surface area contributed by atoms with Crippen molar-refractivity contribution in [2.45, 2.75) is 36.9 Å². The van der Waals surface area contributed by atoms with Crippen LogP contribution in [0.25, 0.3) is 0 Å². The van der Waals surface area contributed by atoms with Crippen LogP contribution in [0.1, 0.15) is 40.7 Å². The lowest BCUT2D eigenvalue weighted by Crippen LogP contribution is -2.55. The van der Waals surface area contributed by atoms with Crippen molar-refractivity contribution in [2.24, 2.45) is 5.41 Å². The topological polar surface area (TPSA) is 74.7 Å². The first-order chi connectivity index (χ1) is 17.0. The number of rotatable bonds is 6. The Morgan fingerprint density at radius 3 is 2.47 bits per heavy atom. The molecule has 10 heteroatoms. The fraction of sp³-hybridized carbons (Fsp3) is 0.462. The van der Waals surface area contributed by atoms with Crippen LogP contribution in [0.4, 0.5) is 17.6 Å². The quantitative estimate of drug-likeness (QED) is 0.441. The third-order valence-corrected chi connectivity index (χ3v) is 7.66. The number of hydrogen-bond acceptors (Lipinski definition) is 5. The molecule has 1 amide bonds. The fourth-order valence-corrected chi connectivity index (χ4v) is 6.02. The summed E-state index contributed by atoms with van der Waals surface area (Å²) >= 11 is 0. The van der Waals surface area contributed by atoms with Crippen LogP contribution in [0, 0.1) is 16.6 Å². The van der Waals surface area contributed by atoms with Crippen LogP contribution in [0.2, 0.25) is 0 Å². The van der Waals surface area contributed by atoms with Crippen LogP contribution in [-0.2, 0) is 11.6 Å². The van der Waals surface area contributed by atoms with Gasteiger partial charge in [-0.1, -0.05) is 6.07 Å². The van der Waals surface area contributed by atoms with Gasteiger partial charge in [0.2, 0.25) is 0 Å². The summed E-state index contributed by atoms with van der Waals surface area (Å²) in [4.78, 5) is 15.0. The molecule has 1 saturated carbocycles. The van der Waals surface area contributed by atoms with Gasteiger partial charge in [-0.05, 0) is 62.2 Å². The summed E-state index contributed by atoms with van der Waals surface area (Å²) in [5.74, 6) is -0.800. The molecule has 2 aromatic carbocycles. The molecule has 0 radical (unpaired) electrons. The predicted octanol–water partition coefficient (Wildman–Crippen LogP) is 4.66. The summed E-state index contributed by atoms with van der Waals surface area (Å²) in [7, 11) is 5.11. The molecule has 2 N–H and O–H groups in total. The van der Waals surface area contributed by atoms with Gasteiger partial charge in [0, 0.05) is 36.2 Å². The van der Waals surface area contributed by atoms with Crippen LogP contribution >= 0.6 is 0 Å². The van der Waals surface area contributed by atoms with E-state index in [4.69, 9.17) is 14.9 Å². The Morgan fingerprint density at radius 1 is 1.14 bits per heavy atom. The molecule has 6 nitrogen and oxygen atoms in total. The molecule has 194 valence electrons. The van der Waals surface area contributed by atoms with Gasteiger partial charge in [-0.2, -0.15) is 13.2 Å². The Morgan fingerprint density at radius 2 is 1.86 bits per heavy atom. The molecule has 2 fully saturated rings. The molecule has 3 atom stereocenters. The third-order valence-electron chi connectivity index (χ3n) is 7.66. The largest absolute Gasteiger partial charge is 0.493 e. The number of alkyl halides is 3. The summed E-state index contributed by atoms with van der Waals surface area (Å²) in [5, 5.41) is 11.2. The summed E-state index contributed by atoms with van der Waals surface area (Å²) in [6.45, 7) is 1.29. The maximum atomic E-state index is 14.4. The summed E-state index contributed by atoms with van der Waals surface area (Å²) in [6, 6.07) is 7.29. The van der Waals surface area contributed by atoms with E-state index >= 15 is 0 Å². The molecule has 2 unspecified atom stereocenters. The van der Waals surface area contributed by atoms with Crippen molar-refractivity contribution in [3.8, 4) is 11.5 Å². The molecule has 0 aromatic heterocycles. The van der Waals surface area contributed by atoms with E-state index in [0.717, 1.165) is 11.6 Å². The number of likely N-dealkylation sites (N-methyl/N-ethyl adjacent to an activating group) is 1. The number of methoxy groups -OCH3 is 2. The smallest absolute Gasteiger partial charge is 0.416 e. The number of amides is 1. The van der Waals surface area contributed by atoms with E-state index in [-0.39, 0.29) is 6.04 Å². The number of benzene rings is 2. The molecule has 1 saturated heterocycles. The zero-order chi connectivity index (χ0) is 26.3. The molecule has 2 aliphatic rings. The van der Waals surface area contributed by atoms with Crippen LogP contribution in [-0.4, -0.2) is 57.4 Å². The maximum absolute atomic E-state index is 14.4. The number of fused-ring (bicyclic) bond motifs is 1. The molecule has 2 aromatic rings. The number of hydrogen-bond donors (Lipinski definition) is 2. The number of halogens is 4. The highest BCUT2D eigenvalue weighted by molar-refractivity contribution is 5.94. The van der Waals surface area contributed by atoms with E-state index < -0.39 is 39.9 Å². The minimum atomic E-state index is -4.70. The number of nitrogens with one attached hydrogen (secondary N) is 2. The van der Waals surface area contributed by atoms with Gasteiger partial charge in [-0.15, -0.1) is 0 Å². The minimum absolute atomic E-state index is 0.336. The molecule has 0 bridgehead atoms. The highest BCUT2D eigenvalue weighted by Gasteiger charge is 2.59. The van der Waals surface area contributed by atoms with E-state index in [2.05, 4.69) is 10.2 Å². The van der Waals surface area contributed by atoms with Gasteiger partial charge in [0.05, 0.1) is 25.3 Å². The first-order valence-electron chi connectivity index (χ1n) is 11.6. The monoisotopic (exact) mass is 507 g/mol. The van der Waals surface area contributed by atoms with Gasteiger partial charge in [0.1, 0.15) is 5.82 Å². The highest BCUT2D eigenvalue weighted by atomic mass is 19.4. The van der Waals surface area contributed by atoms with Crippen molar-refractivity contribution in [3.05, 3.63) is 58.9 Å². The normalized spacial score (nSPS) is 26.2. The van der Waals surface area contributed by atoms with Gasteiger partial charge >= 0.3 is 6.18 Å². The van der Waals surface area contributed by atoms with Crippen LogP contribution < -0.4 is 14.8 Å². The van der Waals surface area contributed by atoms with Crippen molar-refractivity contribution in [3.63, 3.8) is 0 Å². The third kappa shape index (κ3) is 4.31. The average molecular weight is 508 g/mol. The number of carbonyl (C=O) groups excluding carboxylic acids is 1. The standard InChI is InChI=1S/C26H29F4N3O3/c1-33-14-24(13-31)12-18(32-23(34)19-6-4-17(10-20(19)27)26(28,29)30)8-9-25(24,15-33)16-5-7-21(35-2)22(11-16)36-3/h4-7,10-11,13,18,31H,8-9,12,14-15H2,1-3H3,(H,32,34)/t18?,24?,25-/m0/s1. The second-order valence-corrected chi connectivity index (χ2v) is 9.73. The first kappa shape index (κ1) is 25.9. The molecule has 36 heavy (non-hydrogen) atoms. The molecule has 1 aliphatic carbocycles. The number of nitrogens with zero attached hydrogens (tertiary/aromatic N) is 1. The molecular weight excluding hydrogens is 478 g/mol. The SMILES string of the molecule is COc1ccc([C@@]23CCC(NC(=O)c4ccc(C(F)(F)F)cc4F)CC2(C=N)CN(C)C3)cc1OC. The fourth-order valence-electron chi connectivity index (χ4n) is 6.02. The first-order valence-corrected chi connectivity index (χ1v) is 11.6. The highest BCUT2D eigenvalue weighted by Crippen LogP contribution is 2.56.